The molecule has 2 aromatic carbocycles. The molecule has 1 aromatic heterocycles. The third-order valence-electron chi connectivity index (χ3n) is 4.49. The number of halogens is 1. The summed E-state index contributed by atoms with van der Waals surface area (Å²) in [5.41, 5.74) is 3.33. The molecule has 0 saturated carbocycles. The minimum absolute atomic E-state index is 0.262. The molecule has 0 fully saturated rings. The van der Waals surface area contributed by atoms with Gasteiger partial charge in [-0.25, -0.2) is 9.78 Å². The van der Waals surface area contributed by atoms with Gasteiger partial charge in [0.25, 0.3) is 5.91 Å². The second-order valence-corrected chi connectivity index (χ2v) is 6.92. The average Bonchev–Trinajstić information content (AvgIpc) is 2.71. The molecule has 0 radical (unpaired) electrons. The van der Waals surface area contributed by atoms with Crippen molar-refractivity contribution in [2.45, 2.75) is 19.9 Å². The van der Waals surface area contributed by atoms with Crippen LogP contribution < -0.4 is 0 Å². The summed E-state index contributed by atoms with van der Waals surface area (Å²) in [4.78, 5) is 30.3. The van der Waals surface area contributed by atoms with Crippen LogP contribution in [0.1, 0.15) is 28.4 Å². The van der Waals surface area contributed by atoms with E-state index in [1.807, 2.05) is 12.1 Å². The van der Waals surface area contributed by atoms with Crippen molar-refractivity contribution < 1.29 is 14.3 Å². The topological polar surface area (TPSA) is 59.5 Å². The zero-order chi connectivity index (χ0) is 20.1. The number of aryl methyl sites for hydroxylation is 1. The van der Waals surface area contributed by atoms with E-state index in [1.54, 1.807) is 42.3 Å². The number of fused-ring (bicyclic) bond motifs is 1. The fraction of sp³-hybridized carbons (Fsp3) is 0.227. The van der Waals surface area contributed by atoms with E-state index in [0.717, 1.165) is 17.4 Å². The van der Waals surface area contributed by atoms with E-state index in [4.69, 9.17) is 16.3 Å². The first-order chi connectivity index (χ1) is 13.5. The highest BCUT2D eigenvalue weighted by atomic mass is 35.5. The molecule has 0 aliphatic carbocycles. The highest BCUT2D eigenvalue weighted by Crippen LogP contribution is 2.17. The van der Waals surface area contributed by atoms with Crippen molar-refractivity contribution in [3.8, 4) is 0 Å². The van der Waals surface area contributed by atoms with Gasteiger partial charge in [-0.2, -0.15) is 0 Å². The van der Waals surface area contributed by atoms with Gasteiger partial charge in [-0.1, -0.05) is 42.8 Å². The van der Waals surface area contributed by atoms with Gasteiger partial charge in [0.2, 0.25) is 0 Å². The van der Waals surface area contributed by atoms with Crippen LogP contribution in [0.15, 0.2) is 54.6 Å². The fourth-order valence-electron chi connectivity index (χ4n) is 2.79. The molecular weight excluding hydrogens is 376 g/mol. The Morgan fingerprint density at radius 2 is 1.75 bits per heavy atom. The maximum absolute atomic E-state index is 12.3. The van der Waals surface area contributed by atoms with Crippen molar-refractivity contribution >= 4 is 34.4 Å². The van der Waals surface area contributed by atoms with E-state index in [9.17, 15) is 9.59 Å². The Morgan fingerprint density at radius 3 is 2.46 bits per heavy atom. The number of benzene rings is 2. The van der Waals surface area contributed by atoms with Crippen LogP contribution in [0, 0.1) is 0 Å². The van der Waals surface area contributed by atoms with Gasteiger partial charge in [0.15, 0.2) is 6.61 Å². The molecule has 144 valence electrons. The summed E-state index contributed by atoms with van der Waals surface area (Å²) in [6.45, 7) is 2.25. The molecule has 3 aromatic rings. The number of pyridine rings is 1. The monoisotopic (exact) mass is 396 g/mol. The van der Waals surface area contributed by atoms with Gasteiger partial charge in [0, 0.05) is 19.0 Å². The van der Waals surface area contributed by atoms with Crippen LogP contribution in [0.5, 0.6) is 0 Å². The molecule has 6 heteroatoms. The van der Waals surface area contributed by atoms with Crippen molar-refractivity contribution in [1.82, 2.24) is 9.88 Å². The fourth-order valence-corrected chi connectivity index (χ4v) is 2.94. The summed E-state index contributed by atoms with van der Waals surface area (Å²) in [6.07, 6.45) is 0.975. The summed E-state index contributed by atoms with van der Waals surface area (Å²) in [7, 11) is 1.69. The Bertz CT molecular complexity index is 1000. The lowest BCUT2D eigenvalue weighted by Gasteiger charge is -2.17. The van der Waals surface area contributed by atoms with Crippen molar-refractivity contribution in [2.24, 2.45) is 0 Å². The molecule has 0 atom stereocenters. The second-order valence-electron chi connectivity index (χ2n) is 6.54. The van der Waals surface area contributed by atoms with Gasteiger partial charge in [-0.15, -0.1) is 0 Å². The van der Waals surface area contributed by atoms with E-state index in [2.05, 4.69) is 24.0 Å². The Morgan fingerprint density at radius 1 is 1.04 bits per heavy atom. The molecule has 28 heavy (non-hydrogen) atoms. The SMILES string of the molecule is CCc1ccc(CN(C)C(=O)COC(=O)c2ccc3nc(Cl)ccc3c2)cc1. The number of esters is 1. The van der Waals surface area contributed by atoms with E-state index in [0.29, 0.717) is 22.8 Å². The zero-order valence-corrected chi connectivity index (χ0v) is 16.6. The Balaban J connectivity index is 1.57. The van der Waals surface area contributed by atoms with Crippen molar-refractivity contribution in [2.75, 3.05) is 13.7 Å². The van der Waals surface area contributed by atoms with Crippen LogP contribution in [-0.2, 0) is 22.5 Å². The molecule has 5 nitrogen and oxygen atoms in total. The zero-order valence-electron chi connectivity index (χ0n) is 15.8. The molecule has 1 heterocycles. The number of rotatable bonds is 6. The van der Waals surface area contributed by atoms with Crippen molar-refractivity contribution in [1.29, 1.82) is 0 Å². The Kier molecular flexibility index (Phi) is 6.26. The predicted molar refractivity (Wildman–Crippen MR) is 109 cm³/mol. The van der Waals surface area contributed by atoms with Gasteiger partial charge >= 0.3 is 5.97 Å². The van der Waals surface area contributed by atoms with E-state index in [-0.39, 0.29) is 12.5 Å². The standard InChI is InChI=1S/C22H21ClN2O3/c1-3-15-4-6-16(7-5-15)13-25(2)21(26)14-28-22(27)18-8-10-19-17(12-18)9-11-20(23)24-19/h4-12H,3,13-14H2,1-2H3. The summed E-state index contributed by atoms with van der Waals surface area (Å²) in [6, 6.07) is 16.5. The van der Waals surface area contributed by atoms with Crippen LogP contribution in [-0.4, -0.2) is 35.4 Å². The van der Waals surface area contributed by atoms with Crippen LogP contribution in [0.3, 0.4) is 0 Å². The molecule has 0 unspecified atom stereocenters. The highest BCUT2D eigenvalue weighted by Gasteiger charge is 2.14. The van der Waals surface area contributed by atoms with Gasteiger partial charge in [0.05, 0.1) is 11.1 Å². The van der Waals surface area contributed by atoms with Crippen LogP contribution in [0.2, 0.25) is 5.15 Å². The third kappa shape index (κ3) is 4.87. The maximum atomic E-state index is 12.3. The molecular formula is C22H21ClN2O3. The van der Waals surface area contributed by atoms with Crippen LogP contribution >= 0.6 is 11.6 Å². The molecule has 0 saturated heterocycles. The maximum Gasteiger partial charge on any atom is 0.338 e. The first-order valence-corrected chi connectivity index (χ1v) is 9.39. The summed E-state index contributed by atoms with van der Waals surface area (Å²) in [5, 5.41) is 1.17. The molecule has 1 amide bonds. The lowest BCUT2D eigenvalue weighted by molar-refractivity contribution is -0.133. The van der Waals surface area contributed by atoms with E-state index < -0.39 is 5.97 Å². The Labute approximate surface area is 168 Å². The number of nitrogens with zero attached hydrogens (tertiary/aromatic N) is 2. The molecule has 0 bridgehead atoms. The first-order valence-electron chi connectivity index (χ1n) is 9.01. The minimum Gasteiger partial charge on any atom is -0.452 e. The van der Waals surface area contributed by atoms with Crippen LogP contribution in [0.4, 0.5) is 0 Å². The molecule has 0 spiro atoms. The molecule has 3 rings (SSSR count). The average molecular weight is 397 g/mol. The molecule has 0 N–H and O–H groups in total. The number of hydrogen-bond donors (Lipinski definition) is 0. The Hall–Kier alpha value is -2.92. The van der Waals surface area contributed by atoms with Crippen LogP contribution in [0.25, 0.3) is 10.9 Å². The quantitative estimate of drug-likeness (QED) is 0.461. The third-order valence-corrected chi connectivity index (χ3v) is 4.70. The number of carbonyl (C=O) groups is 2. The van der Waals surface area contributed by atoms with E-state index >= 15 is 0 Å². The summed E-state index contributed by atoms with van der Waals surface area (Å²) < 4.78 is 5.18. The van der Waals surface area contributed by atoms with Gasteiger partial charge < -0.3 is 9.64 Å². The number of ether oxygens (including phenoxy) is 1. The second kappa shape index (κ2) is 8.85. The normalized spacial score (nSPS) is 10.7. The number of carbonyl (C=O) groups excluding carboxylic acids is 2. The lowest BCUT2D eigenvalue weighted by atomic mass is 10.1. The number of aromatic nitrogens is 1. The molecule has 0 aliphatic rings. The molecule has 0 aliphatic heterocycles. The number of amides is 1. The van der Waals surface area contributed by atoms with E-state index in [1.165, 1.54) is 5.56 Å². The first kappa shape index (κ1) is 19.8. The summed E-state index contributed by atoms with van der Waals surface area (Å²) in [5.74, 6) is -0.812. The summed E-state index contributed by atoms with van der Waals surface area (Å²) >= 11 is 5.86. The number of hydrogen-bond acceptors (Lipinski definition) is 4. The highest BCUT2D eigenvalue weighted by molar-refractivity contribution is 6.29. The van der Waals surface area contributed by atoms with Gasteiger partial charge in [-0.3, -0.25) is 4.79 Å². The largest absolute Gasteiger partial charge is 0.452 e. The smallest absolute Gasteiger partial charge is 0.338 e. The lowest BCUT2D eigenvalue weighted by Crippen LogP contribution is -2.30. The van der Waals surface area contributed by atoms with Crippen molar-refractivity contribution in [3.63, 3.8) is 0 Å². The van der Waals surface area contributed by atoms with Gasteiger partial charge in [0.1, 0.15) is 5.15 Å². The van der Waals surface area contributed by atoms with Gasteiger partial charge in [-0.05, 0) is 47.9 Å². The minimum atomic E-state index is -0.550. The van der Waals surface area contributed by atoms with Crippen molar-refractivity contribution in [3.05, 3.63) is 76.4 Å². The predicted octanol–water partition coefficient (Wildman–Crippen LogP) is 4.27. The number of likely N-dealkylation sites (N-methyl/N-ethyl adjacent to an activating group) is 1.